The van der Waals surface area contributed by atoms with Gasteiger partial charge >= 0.3 is 0 Å². The molecular formula is C16H22O2. The van der Waals surface area contributed by atoms with Gasteiger partial charge in [-0.3, -0.25) is 0 Å². The standard InChI is InChI=1S/C16H22O2/c1-18-13-7-9-16(17,10-8-13)15-11-14(15)12-5-3-2-4-6-12/h2-6,13-15,17H,7-11H2,1H3. The van der Waals surface area contributed by atoms with Crippen molar-refractivity contribution in [3.8, 4) is 0 Å². The van der Waals surface area contributed by atoms with Crippen LogP contribution in [-0.2, 0) is 4.74 Å². The summed E-state index contributed by atoms with van der Waals surface area (Å²) in [5.41, 5.74) is 0.958. The van der Waals surface area contributed by atoms with E-state index in [9.17, 15) is 5.11 Å². The molecule has 2 nitrogen and oxygen atoms in total. The fraction of sp³-hybridized carbons (Fsp3) is 0.625. The zero-order chi connectivity index (χ0) is 12.6. The topological polar surface area (TPSA) is 29.5 Å². The van der Waals surface area contributed by atoms with Crippen LogP contribution in [0.4, 0.5) is 0 Å². The second kappa shape index (κ2) is 4.67. The fourth-order valence-electron chi connectivity index (χ4n) is 3.56. The van der Waals surface area contributed by atoms with Crippen LogP contribution in [0, 0.1) is 5.92 Å². The van der Waals surface area contributed by atoms with Crippen molar-refractivity contribution < 1.29 is 9.84 Å². The van der Waals surface area contributed by atoms with Crippen LogP contribution >= 0.6 is 0 Å². The highest BCUT2D eigenvalue weighted by Crippen LogP contribution is 2.57. The van der Waals surface area contributed by atoms with Crippen LogP contribution in [0.2, 0.25) is 0 Å². The molecule has 2 unspecified atom stereocenters. The Morgan fingerprint density at radius 3 is 2.44 bits per heavy atom. The van der Waals surface area contributed by atoms with Crippen LogP contribution in [0.5, 0.6) is 0 Å². The Labute approximate surface area is 109 Å². The zero-order valence-electron chi connectivity index (χ0n) is 11.0. The van der Waals surface area contributed by atoms with E-state index in [1.165, 1.54) is 5.56 Å². The van der Waals surface area contributed by atoms with Crippen LogP contribution < -0.4 is 0 Å². The number of benzene rings is 1. The summed E-state index contributed by atoms with van der Waals surface area (Å²) in [7, 11) is 1.78. The first-order valence-electron chi connectivity index (χ1n) is 7.03. The maximum Gasteiger partial charge on any atom is 0.0683 e. The highest BCUT2D eigenvalue weighted by Gasteiger charge is 2.53. The first-order valence-corrected chi connectivity index (χ1v) is 7.03. The van der Waals surface area contributed by atoms with E-state index in [4.69, 9.17) is 4.74 Å². The van der Waals surface area contributed by atoms with Gasteiger partial charge in [0.2, 0.25) is 0 Å². The van der Waals surface area contributed by atoms with E-state index in [0.717, 1.165) is 32.1 Å². The van der Waals surface area contributed by atoms with Crippen LogP contribution in [0.15, 0.2) is 30.3 Å². The molecule has 0 spiro atoms. The number of methoxy groups -OCH3 is 1. The molecule has 0 aliphatic heterocycles. The first-order chi connectivity index (χ1) is 8.73. The predicted octanol–water partition coefficient (Wildman–Crippen LogP) is 3.11. The van der Waals surface area contributed by atoms with E-state index in [-0.39, 0.29) is 0 Å². The fourth-order valence-corrected chi connectivity index (χ4v) is 3.56. The Kier molecular flexibility index (Phi) is 3.16. The molecule has 18 heavy (non-hydrogen) atoms. The van der Waals surface area contributed by atoms with E-state index >= 15 is 0 Å². The number of ether oxygens (including phenoxy) is 1. The van der Waals surface area contributed by atoms with Gasteiger partial charge in [0, 0.05) is 7.11 Å². The van der Waals surface area contributed by atoms with Crippen molar-refractivity contribution >= 4 is 0 Å². The maximum absolute atomic E-state index is 10.8. The molecular weight excluding hydrogens is 224 g/mol. The van der Waals surface area contributed by atoms with Gasteiger partial charge in [0.05, 0.1) is 11.7 Å². The summed E-state index contributed by atoms with van der Waals surface area (Å²) in [4.78, 5) is 0. The smallest absolute Gasteiger partial charge is 0.0683 e. The van der Waals surface area contributed by atoms with E-state index in [2.05, 4.69) is 30.3 Å². The third kappa shape index (κ3) is 2.19. The minimum atomic E-state index is -0.435. The van der Waals surface area contributed by atoms with Crippen molar-refractivity contribution in [1.82, 2.24) is 0 Å². The molecule has 1 aromatic rings. The van der Waals surface area contributed by atoms with E-state index in [1.54, 1.807) is 7.11 Å². The minimum absolute atomic E-state index is 0.360. The number of hydrogen-bond donors (Lipinski definition) is 1. The lowest BCUT2D eigenvalue weighted by Crippen LogP contribution is -2.38. The third-order valence-electron chi connectivity index (χ3n) is 4.84. The van der Waals surface area contributed by atoms with Crippen molar-refractivity contribution in [3.63, 3.8) is 0 Å². The molecule has 0 radical (unpaired) electrons. The quantitative estimate of drug-likeness (QED) is 0.888. The molecule has 2 aliphatic rings. The van der Waals surface area contributed by atoms with Crippen LogP contribution in [0.25, 0.3) is 0 Å². The van der Waals surface area contributed by atoms with Crippen molar-refractivity contribution in [2.75, 3.05) is 7.11 Å². The average molecular weight is 246 g/mol. The summed E-state index contributed by atoms with van der Waals surface area (Å²) >= 11 is 0. The van der Waals surface area contributed by atoms with Gasteiger partial charge in [-0.25, -0.2) is 0 Å². The van der Waals surface area contributed by atoms with Crippen molar-refractivity contribution in [2.45, 2.75) is 49.7 Å². The number of aliphatic hydroxyl groups is 1. The Bertz CT molecular complexity index is 393. The molecule has 2 saturated carbocycles. The predicted molar refractivity (Wildman–Crippen MR) is 71.5 cm³/mol. The van der Waals surface area contributed by atoms with Gasteiger partial charge in [-0.05, 0) is 49.5 Å². The second-order valence-electron chi connectivity index (χ2n) is 5.90. The lowest BCUT2D eigenvalue weighted by atomic mass is 9.79. The summed E-state index contributed by atoms with van der Waals surface area (Å²) in [5, 5.41) is 10.8. The molecule has 0 amide bonds. The largest absolute Gasteiger partial charge is 0.390 e. The SMILES string of the molecule is COC1CCC(O)(C2CC2c2ccccc2)CC1. The van der Waals surface area contributed by atoms with E-state index in [0.29, 0.717) is 17.9 Å². The lowest BCUT2D eigenvalue weighted by Gasteiger charge is -2.36. The summed E-state index contributed by atoms with van der Waals surface area (Å²) in [6.45, 7) is 0. The van der Waals surface area contributed by atoms with Gasteiger partial charge in [-0.15, -0.1) is 0 Å². The summed E-state index contributed by atoms with van der Waals surface area (Å²) < 4.78 is 5.38. The molecule has 3 rings (SSSR count). The third-order valence-corrected chi connectivity index (χ3v) is 4.84. The van der Waals surface area contributed by atoms with E-state index < -0.39 is 5.60 Å². The monoisotopic (exact) mass is 246 g/mol. The molecule has 2 atom stereocenters. The Morgan fingerprint density at radius 2 is 1.83 bits per heavy atom. The summed E-state index contributed by atoms with van der Waals surface area (Å²) in [5.74, 6) is 1.05. The van der Waals surface area contributed by atoms with Gasteiger partial charge in [0.15, 0.2) is 0 Å². The van der Waals surface area contributed by atoms with Crippen LogP contribution in [0.1, 0.15) is 43.6 Å². The summed E-state index contributed by atoms with van der Waals surface area (Å²) in [6.07, 6.45) is 5.33. The average Bonchev–Trinajstić information content (AvgIpc) is 3.22. The molecule has 1 aromatic carbocycles. The van der Waals surface area contributed by atoms with Crippen LogP contribution in [-0.4, -0.2) is 23.9 Å². The first kappa shape index (κ1) is 12.2. The molecule has 2 aliphatic carbocycles. The molecule has 0 bridgehead atoms. The molecule has 98 valence electrons. The Hall–Kier alpha value is -0.860. The molecule has 0 heterocycles. The number of hydrogen-bond acceptors (Lipinski definition) is 2. The van der Waals surface area contributed by atoms with Gasteiger partial charge < -0.3 is 9.84 Å². The lowest BCUT2D eigenvalue weighted by molar-refractivity contribution is -0.0584. The maximum atomic E-state index is 10.8. The van der Waals surface area contributed by atoms with Crippen LogP contribution in [0.3, 0.4) is 0 Å². The molecule has 2 fully saturated rings. The van der Waals surface area contributed by atoms with Gasteiger partial charge in [-0.1, -0.05) is 30.3 Å². The zero-order valence-corrected chi connectivity index (χ0v) is 11.0. The highest BCUT2D eigenvalue weighted by molar-refractivity contribution is 5.28. The molecule has 1 N–H and O–H groups in total. The molecule has 0 saturated heterocycles. The Morgan fingerprint density at radius 1 is 1.17 bits per heavy atom. The Balaban J connectivity index is 1.64. The molecule has 0 aromatic heterocycles. The van der Waals surface area contributed by atoms with Crippen molar-refractivity contribution in [2.24, 2.45) is 5.92 Å². The normalized spacial score (nSPS) is 39.6. The van der Waals surface area contributed by atoms with Crippen molar-refractivity contribution in [3.05, 3.63) is 35.9 Å². The summed E-state index contributed by atoms with van der Waals surface area (Å²) in [6, 6.07) is 10.6. The van der Waals surface area contributed by atoms with E-state index in [1.807, 2.05) is 0 Å². The highest BCUT2D eigenvalue weighted by atomic mass is 16.5. The second-order valence-corrected chi connectivity index (χ2v) is 5.90. The minimum Gasteiger partial charge on any atom is -0.390 e. The van der Waals surface area contributed by atoms with Crippen molar-refractivity contribution in [1.29, 1.82) is 0 Å². The number of rotatable bonds is 3. The molecule has 2 heteroatoms. The van der Waals surface area contributed by atoms with Gasteiger partial charge in [-0.2, -0.15) is 0 Å². The van der Waals surface area contributed by atoms with Gasteiger partial charge in [0.1, 0.15) is 0 Å². The van der Waals surface area contributed by atoms with Gasteiger partial charge in [0.25, 0.3) is 0 Å².